The van der Waals surface area contributed by atoms with Crippen molar-refractivity contribution in [3.63, 3.8) is 0 Å². The molecule has 1 amide bonds. The molecule has 0 unspecified atom stereocenters. The number of pyridine rings is 2. The van der Waals surface area contributed by atoms with E-state index in [1.807, 2.05) is 51.1 Å². The fourth-order valence-electron chi connectivity index (χ4n) is 2.41. The predicted molar refractivity (Wildman–Crippen MR) is 89.9 cm³/mol. The molecule has 1 aliphatic heterocycles. The van der Waals surface area contributed by atoms with Crippen LogP contribution in [-0.4, -0.2) is 39.7 Å². The molecule has 1 saturated heterocycles. The Morgan fingerprint density at radius 1 is 1.30 bits per heavy atom. The van der Waals surface area contributed by atoms with Crippen LogP contribution in [0.2, 0.25) is 0 Å². The molecule has 0 bridgehead atoms. The minimum absolute atomic E-state index is 0.241. The molecule has 1 aliphatic rings. The van der Waals surface area contributed by atoms with Crippen LogP contribution in [0.1, 0.15) is 26.5 Å². The summed E-state index contributed by atoms with van der Waals surface area (Å²) >= 11 is 0. The van der Waals surface area contributed by atoms with Gasteiger partial charge in [-0.15, -0.1) is 0 Å². The molecule has 0 atom stereocenters. The Kier molecular flexibility index (Phi) is 4.03. The zero-order valence-corrected chi connectivity index (χ0v) is 13.7. The summed E-state index contributed by atoms with van der Waals surface area (Å²) in [6.07, 6.45) is 5.59. The van der Waals surface area contributed by atoms with Gasteiger partial charge in [-0.1, -0.05) is 6.08 Å². The van der Waals surface area contributed by atoms with Gasteiger partial charge in [0, 0.05) is 30.6 Å². The number of hydrogen-bond donors (Lipinski definition) is 0. The Morgan fingerprint density at radius 3 is 2.83 bits per heavy atom. The number of carbonyl (C=O) groups excluding carboxylic acids is 1. The van der Waals surface area contributed by atoms with Gasteiger partial charge in [-0.25, -0.2) is 14.8 Å². The first-order valence-electron chi connectivity index (χ1n) is 7.79. The maximum Gasteiger partial charge on any atom is 0.410 e. The Bertz CT molecular complexity index is 743. The SMILES string of the molecule is CC(C)(C)OC(=O)N1CC(/C=C/c2ccc3cccnc3n2)C1. The third-order valence-electron chi connectivity index (χ3n) is 3.59. The van der Waals surface area contributed by atoms with Crippen LogP contribution in [0.15, 0.2) is 36.5 Å². The van der Waals surface area contributed by atoms with E-state index >= 15 is 0 Å². The fourth-order valence-corrected chi connectivity index (χ4v) is 2.41. The number of rotatable bonds is 2. The van der Waals surface area contributed by atoms with Crippen LogP contribution in [0.5, 0.6) is 0 Å². The third kappa shape index (κ3) is 3.86. The van der Waals surface area contributed by atoms with E-state index in [9.17, 15) is 4.79 Å². The largest absolute Gasteiger partial charge is 0.444 e. The minimum Gasteiger partial charge on any atom is -0.444 e. The van der Waals surface area contributed by atoms with E-state index in [1.165, 1.54) is 0 Å². The number of amides is 1. The van der Waals surface area contributed by atoms with Gasteiger partial charge in [0.1, 0.15) is 5.60 Å². The van der Waals surface area contributed by atoms with Crippen molar-refractivity contribution >= 4 is 23.2 Å². The van der Waals surface area contributed by atoms with Crippen molar-refractivity contribution < 1.29 is 9.53 Å². The summed E-state index contributed by atoms with van der Waals surface area (Å²) in [5.41, 5.74) is 1.19. The Morgan fingerprint density at radius 2 is 2.09 bits per heavy atom. The summed E-state index contributed by atoms with van der Waals surface area (Å²) in [6.45, 7) is 7.01. The van der Waals surface area contributed by atoms with E-state index in [4.69, 9.17) is 4.74 Å². The van der Waals surface area contributed by atoms with Gasteiger partial charge in [0.2, 0.25) is 0 Å². The summed E-state index contributed by atoms with van der Waals surface area (Å²) in [5, 5.41) is 1.03. The van der Waals surface area contributed by atoms with Crippen LogP contribution >= 0.6 is 0 Å². The van der Waals surface area contributed by atoms with E-state index in [0.717, 1.165) is 16.7 Å². The molecule has 2 aromatic heterocycles. The van der Waals surface area contributed by atoms with E-state index < -0.39 is 5.60 Å². The maximum atomic E-state index is 11.9. The van der Waals surface area contributed by atoms with Crippen LogP contribution in [-0.2, 0) is 4.74 Å². The molecule has 5 nitrogen and oxygen atoms in total. The van der Waals surface area contributed by atoms with Gasteiger partial charge in [0.25, 0.3) is 0 Å². The number of fused-ring (bicyclic) bond motifs is 1. The standard InChI is InChI=1S/C18H21N3O2/c1-18(2,3)23-17(22)21-11-13(12-21)6-8-15-9-7-14-5-4-10-19-16(14)20-15/h4-10,13H,11-12H2,1-3H3/b8-6+. The highest BCUT2D eigenvalue weighted by Crippen LogP contribution is 2.21. The summed E-state index contributed by atoms with van der Waals surface area (Å²) in [4.78, 5) is 22.3. The number of ether oxygens (including phenoxy) is 1. The fraction of sp³-hybridized carbons (Fsp3) is 0.389. The Hall–Kier alpha value is -2.43. The predicted octanol–water partition coefficient (Wildman–Crippen LogP) is 3.51. The van der Waals surface area contributed by atoms with Gasteiger partial charge in [-0.3, -0.25) is 0 Å². The second-order valence-corrected chi connectivity index (χ2v) is 6.79. The van der Waals surface area contributed by atoms with Gasteiger partial charge >= 0.3 is 6.09 Å². The summed E-state index contributed by atoms with van der Waals surface area (Å²) < 4.78 is 5.34. The highest BCUT2D eigenvalue weighted by molar-refractivity contribution is 5.75. The van der Waals surface area contributed by atoms with E-state index in [0.29, 0.717) is 19.0 Å². The van der Waals surface area contributed by atoms with Crippen LogP contribution in [0.4, 0.5) is 4.79 Å². The van der Waals surface area contributed by atoms with Gasteiger partial charge in [0.05, 0.1) is 5.69 Å². The third-order valence-corrected chi connectivity index (χ3v) is 3.59. The lowest BCUT2D eigenvalue weighted by molar-refractivity contribution is 0.00500. The second-order valence-electron chi connectivity index (χ2n) is 6.79. The summed E-state index contributed by atoms with van der Waals surface area (Å²) in [7, 11) is 0. The van der Waals surface area contributed by atoms with E-state index in [-0.39, 0.29) is 6.09 Å². The van der Waals surface area contributed by atoms with Crippen LogP contribution in [0.25, 0.3) is 17.1 Å². The van der Waals surface area contributed by atoms with E-state index in [1.54, 1.807) is 11.1 Å². The molecular weight excluding hydrogens is 290 g/mol. The molecular formula is C18H21N3O2. The molecule has 120 valence electrons. The van der Waals surface area contributed by atoms with Crippen molar-refractivity contribution in [1.82, 2.24) is 14.9 Å². The van der Waals surface area contributed by atoms with Crippen molar-refractivity contribution in [2.45, 2.75) is 26.4 Å². The lowest BCUT2D eigenvalue weighted by Crippen LogP contribution is -2.50. The molecule has 3 rings (SSSR count). The molecule has 0 radical (unpaired) electrons. The van der Waals surface area contributed by atoms with Crippen LogP contribution in [0.3, 0.4) is 0 Å². The van der Waals surface area contributed by atoms with Crippen LogP contribution in [0, 0.1) is 5.92 Å². The van der Waals surface area contributed by atoms with Gasteiger partial charge in [-0.05, 0) is 51.1 Å². The highest BCUT2D eigenvalue weighted by atomic mass is 16.6. The number of hydrogen-bond acceptors (Lipinski definition) is 4. The molecule has 5 heteroatoms. The minimum atomic E-state index is -0.444. The zero-order valence-electron chi connectivity index (χ0n) is 13.7. The quantitative estimate of drug-likeness (QED) is 0.851. The first-order chi connectivity index (χ1) is 10.9. The van der Waals surface area contributed by atoms with Gasteiger partial charge in [0.15, 0.2) is 5.65 Å². The van der Waals surface area contributed by atoms with Gasteiger partial charge in [-0.2, -0.15) is 0 Å². The highest BCUT2D eigenvalue weighted by Gasteiger charge is 2.32. The molecule has 0 spiro atoms. The smallest absolute Gasteiger partial charge is 0.410 e. The topological polar surface area (TPSA) is 55.3 Å². The van der Waals surface area contributed by atoms with Crippen molar-refractivity contribution in [2.24, 2.45) is 5.92 Å². The number of carbonyl (C=O) groups is 1. The maximum absolute atomic E-state index is 11.9. The molecule has 2 aromatic rings. The Labute approximate surface area is 136 Å². The van der Waals surface area contributed by atoms with E-state index in [2.05, 4.69) is 16.0 Å². The van der Waals surface area contributed by atoms with Crippen molar-refractivity contribution in [3.8, 4) is 0 Å². The molecule has 0 N–H and O–H groups in total. The molecule has 0 aliphatic carbocycles. The molecule has 3 heterocycles. The number of likely N-dealkylation sites (tertiary alicyclic amines) is 1. The van der Waals surface area contributed by atoms with Crippen molar-refractivity contribution in [1.29, 1.82) is 0 Å². The lowest BCUT2D eigenvalue weighted by atomic mass is 10.00. The summed E-state index contributed by atoms with van der Waals surface area (Å²) in [5.74, 6) is 0.351. The zero-order chi connectivity index (χ0) is 16.4. The Balaban J connectivity index is 1.56. The lowest BCUT2D eigenvalue weighted by Gasteiger charge is -2.38. The van der Waals surface area contributed by atoms with Crippen molar-refractivity contribution in [3.05, 3.63) is 42.2 Å². The number of aromatic nitrogens is 2. The number of nitrogens with zero attached hydrogens (tertiary/aromatic N) is 3. The monoisotopic (exact) mass is 311 g/mol. The van der Waals surface area contributed by atoms with Crippen LogP contribution < -0.4 is 0 Å². The first kappa shape index (κ1) is 15.5. The second kappa shape index (κ2) is 5.99. The normalized spacial score (nSPS) is 15.9. The molecule has 1 fully saturated rings. The summed E-state index contributed by atoms with van der Waals surface area (Å²) in [6, 6.07) is 7.89. The van der Waals surface area contributed by atoms with Crippen molar-refractivity contribution in [2.75, 3.05) is 13.1 Å². The average Bonchev–Trinajstić information content (AvgIpc) is 2.43. The first-order valence-corrected chi connectivity index (χ1v) is 7.79. The molecule has 23 heavy (non-hydrogen) atoms. The molecule has 0 saturated carbocycles. The average molecular weight is 311 g/mol. The van der Waals surface area contributed by atoms with Gasteiger partial charge < -0.3 is 9.64 Å². The molecule has 0 aromatic carbocycles.